The SMILES string of the molecule is CC(C)(C)OC(=O)NC1CCN(S(=O)(=O)N2CCC(CN3CCC(Oc4cccc5c4CN(C4CCC(=O)NC4=O)C5=O)CC3)CC2)CC1. The Morgan fingerprint density at radius 2 is 1.57 bits per heavy atom. The van der Waals surface area contributed by atoms with Gasteiger partial charge in [-0.2, -0.15) is 17.0 Å². The second kappa shape index (κ2) is 14.5. The second-order valence-corrected chi connectivity index (χ2v) is 16.9. The van der Waals surface area contributed by atoms with E-state index in [0.29, 0.717) is 62.7 Å². The zero-order chi connectivity index (χ0) is 34.9. The van der Waals surface area contributed by atoms with Crippen LogP contribution in [0.2, 0.25) is 0 Å². The Morgan fingerprint density at radius 1 is 0.918 bits per heavy atom. The molecular formula is C34H50N6O8S. The molecule has 5 heterocycles. The zero-order valence-corrected chi connectivity index (χ0v) is 29.6. The number of nitrogens with zero attached hydrogens (tertiary/aromatic N) is 4. The molecule has 5 aliphatic heterocycles. The van der Waals surface area contributed by atoms with Crippen LogP contribution in [-0.4, -0.2) is 120 Å². The molecule has 4 fully saturated rings. The van der Waals surface area contributed by atoms with E-state index in [1.165, 1.54) is 0 Å². The third kappa shape index (κ3) is 8.38. The number of benzene rings is 1. The van der Waals surface area contributed by atoms with Gasteiger partial charge in [-0.1, -0.05) is 6.07 Å². The highest BCUT2D eigenvalue weighted by Gasteiger charge is 2.41. The number of carbonyl (C=O) groups is 4. The first kappa shape index (κ1) is 35.6. The van der Waals surface area contributed by atoms with E-state index in [9.17, 15) is 27.6 Å². The number of nitrogens with one attached hydrogen (secondary N) is 2. The van der Waals surface area contributed by atoms with Crippen LogP contribution >= 0.6 is 0 Å². The standard InChI is InChI=1S/C34H50N6O8S/c1-34(2,3)48-33(44)35-24-11-19-39(20-12-24)49(45,46)38-17-9-23(10-18-38)21-37-15-13-25(14-16-37)47-29-6-4-5-26-27(29)22-40(32(26)43)28-7-8-30(41)36-31(28)42/h4-6,23-25,28H,7-22H2,1-3H3,(H,35,44)(H,36,41,42). The van der Waals surface area contributed by atoms with Gasteiger partial charge in [0.25, 0.3) is 16.1 Å². The quantitative estimate of drug-likeness (QED) is 0.388. The molecule has 6 rings (SSSR count). The van der Waals surface area contributed by atoms with E-state index >= 15 is 0 Å². The summed E-state index contributed by atoms with van der Waals surface area (Å²) in [6.45, 7) is 10.2. The molecule has 2 N–H and O–H groups in total. The lowest BCUT2D eigenvalue weighted by Gasteiger charge is -2.39. The fraction of sp³-hybridized carbons (Fsp3) is 0.706. The molecule has 1 aromatic rings. The molecule has 1 unspecified atom stereocenters. The Balaban J connectivity index is 0.923. The smallest absolute Gasteiger partial charge is 0.407 e. The minimum atomic E-state index is -3.55. The Kier molecular flexibility index (Phi) is 10.5. The van der Waals surface area contributed by atoms with Crippen LogP contribution in [0.5, 0.6) is 5.75 Å². The minimum Gasteiger partial charge on any atom is -0.490 e. The van der Waals surface area contributed by atoms with Crippen LogP contribution in [-0.2, 0) is 31.1 Å². The average molecular weight is 703 g/mol. The average Bonchev–Trinajstić information content (AvgIpc) is 3.38. The highest BCUT2D eigenvalue weighted by Crippen LogP contribution is 2.35. The van der Waals surface area contributed by atoms with Crippen LogP contribution in [0.4, 0.5) is 4.79 Å². The van der Waals surface area contributed by atoms with E-state index in [1.807, 2.05) is 32.9 Å². The maximum atomic E-state index is 13.4. The lowest BCUT2D eigenvalue weighted by atomic mass is 9.96. The van der Waals surface area contributed by atoms with Gasteiger partial charge >= 0.3 is 6.09 Å². The number of carbonyl (C=O) groups excluding carboxylic acids is 4. The van der Waals surface area contributed by atoms with Crippen LogP contribution in [0.15, 0.2) is 18.2 Å². The number of amides is 4. The van der Waals surface area contributed by atoms with Crippen molar-refractivity contribution >= 4 is 34.0 Å². The predicted octanol–water partition coefficient (Wildman–Crippen LogP) is 2.24. The van der Waals surface area contributed by atoms with E-state index in [4.69, 9.17) is 9.47 Å². The molecule has 0 aliphatic carbocycles. The molecular weight excluding hydrogens is 652 g/mol. The molecule has 4 amide bonds. The van der Waals surface area contributed by atoms with Crippen molar-refractivity contribution in [3.05, 3.63) is 29.3 Å². The molecule has 1 atom stereocenters. The molecule has 270 valence electrons. The first-order valence-electron chi connectivity index (χ1n) is 17.7. The Hall–Kier alpha value is -3.27. The van der Waals surface area contributed by atoms with Gasteiger partial charge < -0.3 is 24.6 Å². The number of hydrogen-bond donors (Lipinski definition) is 2. The van der Waals surface area contributed by atoms with E-state index in [0.717, 1.165) is 50.9 Å². The van der Waals surface area contributed by atoms with Gasteiger partial charge in [0.05, 0.1) is 6.54 Å². The van der Waals surface area contributed by atoms with Gasteiger partial charge in [0.15, 0.2) is 0 Å². The Morgan fingerprint density at radius 3 is 2.20 bits per heavy atom. The summed E-state index contributed by atoms with van der Waals surface area (Å²) < 4.78 is 41.8. The molecule has 5 aliphatic rings. The summed E-state index contributed by atoms with van der Waals surface area (Å²) >= 11 is 0. The summed E-state index contributed by atoms with van der Waals surface area (Å²) in [4.78, 5) is 53.4. The summed E-state index contributed by atoms with van der Waals surface area (Å²) in [5.41, 5.74) is 0.764. The van der Waals surface area contributed by atoms with Crippen molar-refractivity contribution in [3.63, 3.8) is 0 Å². The van der Waals surface area contributed by atoms with Crippen LogP contribution in [0.1, 0.15) is 88.1 Å². The summed E-state index contributed by atoms with van der Waals surface area (Å²) in [6.07, 6.45) is 4.53. The molecule has 1 aromatic carbocycles. The molecule has 0 saturated carbocycles. The maximum absolute atomic E-state index is 13.4. The molecule has 4 saturated heterocycles. The van der Waals surface area contributed by atoms with Crippen molar-refractivity contribution in [1.82, 2.24) is 29.0 Å². The fourth-order valence-corrected chi connectivity index (χ4v) is 9.28. The van der Waals surface area contributed by atoms with Gasteiger partial charge in [-0.3, -0.25) is 19.7 Å². The normalized spacial score (nSPS) is 24.5. The summed E-state index contributed by atoms with van der Waals surface area (Å²) in [6, 6.07) is 4.71. The number of alkyl carbamates (subject to hydrolysis) is 1. The number of ether oxygens (including phenoxy) is 2. The highest BCUT2D eigenvalue weighted by atomic mass is 32.2. The minimum absolute atomic E-state index is 0.0120. The third-order valence-corrected chi connectivity index (χ3v) is 12.3. The summed E-state index contributed by atoms with van der Waals surface area (Å²) in [7, 11) is -3.55. The van der Waals surface area contributed by atoms with Crippen molar-refractivity contribution in [2.75, 3.05) is 45.8 Å². The first-order chi connectivity index (χ1) is 23.3. The van der Waals surface area contributed by atoms with Crippen molar-refractivity contribution in [2.45, 2.75) is 102 Å². The second-order valence-electron chi connectivity index (χ2n) is 15.0. The van der Waals surface area contributed by atoms with E-state index < -0.39 is 33.9 Å². The van der Waals surface area contributed by atoms with Crippen molar-refractivity contribution in [2.24, 2.45) is 5.92 Å². The molecule has 15 heteroatoms. The van der Waals surface area contributed by atoms with Gasteiger partial charge in [0.2, 0.25) is 11.8 Å². The van der Waals surface area contributed by atoms with E-state index in [1.54, 1.807) is 19.6 Å². The van der Waals surface area contributed by atoms with Crippen LogP contribution in [0.25, 0.3) is 0 Å². The first-order valence-corrected chi connectivity index (χ1v) is 19.1. The predicted molar refractivity (Wildman–Crippen MR) is 180 cm³/mol. The van der Waals surface area contributed by atoms with Crippen molar-refractivity contribution < 1.29 is 37.1 Å². The maximum Gasteiger partial charge on any atom is 0.407 e. The van der Waals surface area contributed by atoms with Gasteiger partial charge in [0.1, 0.15) is 23.5 Å². The largest absolute Gasteiger partial charge is 0.490 e. The number of rotatable bonds is 8. The number of imide groups is 1. The lowest BCUT2D eigenvalue weighted by molar-refractivity contribution is -0.136. The van der Waals surface area contributed by atoms with Crippen molar-refractivity contribution in [3.8, 4) is 5.75 Å². The molecule has 49 heavy (non-hydrogen) atoms. The monoisotopic (exact) mass is 702 g/mol. The number of hydrogen-bond acceptors (Lipinski definition) is 9. The molecule has 0 spiro atoms. The summed E-state index contributed by atoms with van der Waals surface area (Å²) in [5, 5.41) is 5.22. The van der Waals surface area contributed by atoms with Crippen LogP contribution < -0.4 is 15.4 Å². The van der Waals surface area contributed by atoms with E-state index in [2.05, 4.69) is 15.5 Å². The van der Waals surface area contributed by atoms with E-state index in [-0.39, 0.29) is 36.9 Å². The van der Waals surface area contributed by atoms with Gasteiger partial charge in [-0.05, 0) is 83.8 Å². The van der Waals surface area contributed by atoms with Gasteiger partial charge in [-0.15, -0.1) is 0 Å². The van der Waals surface area contributed by atoms with Gasteiger partial charge in [-0.25, -0.2) is 4.79 Å². The lowest BCUT2D eigenvalue weighted by Crippen LogP contribution is -2.53. The Labute approximate surface area is 289 Å². The zero-order valence-electron chi connectivity index (χ0n) is 28.8. The van der Waals surface area contributed by atoms with Gasteiger partial charge in [0, 0.05) is 69.4 Å². The number of fused-ring (bicyclic) bond motifs is 1. The molecule has 0 bridgehead atoms. The molecule has 0 aromatic heterocycles. The topological polar surface area (TPSA) is 158 Å². The molecule has 0 radical (unpaired) electrons. The third-order valence-electron chi connectivity index (χ3n) is 10.3. The fourth-order valence-electron chi connectivity index (χ4n) is 7.61. The van der Waals surface area contributed by atoms with Crippen LogP contribution in [0.3, 0.4) is 0 Å². The molecule has 14 nitrogen and oxygen atoms in total. The summed E-state index contributed by atoms with van der Waals surface area (Å²) in [5.74, 6) is 0.163. The number of likely N-dealkylation sites (tertiary alicyclic amines) is 1. The Bertz CT molecular complexity index is 1520. The number of piperidine rings is 4. The highest BCUT2D eigenvalue weighted by molar-refractivity contribution is 7.86. The van der Waals surface area contributed by atoms with Crippen LogP contribution in [0, 0.1) is 5.92 Å². The van der Waals surface area contributed by atoms with Crippen molar-refractivity contribution in [1.29, 1.82) is 0 Å².